The van der Waals surface area contributed by atoms with Gasteiger partial charge in [0.2, 0.25) is 0 Å². The van der Waals surface area contributed by atoms with Gasteiger partial charge in [-0.3, -0.25) is 4.90 Å². The summed E-state index contributed by atoms with van der Waals surface area (Å²) in [5.41, 5.74) is 0.278. The topological polar surface area (TPSA) is 47.1 Å². The summed E-state index contributed by atoms with van der Waals surface area (Å²) in [7, 11) is -1.09. The van der Waals surface area contributed by atoms with Crippen LogP contribution in [0.3, 0.4) is 0 Å². The molecule has 3 fully saturated rings. The second kappa shape index (κ2) is 7.19. The van der Waals surface area contributed by atoms with Gasteiger partial charge in [-0.2, -0.15) is 17.0 Å². The molecule has 0 N–H and O–H groups in total. The first-order chi connectivity index (χ1) is 11.3. The standard InChI is InChI=1S/C17H34N4O2S/c1-17(2)6-10-21(11-7-17)24(22,23)20-8-4-16(5-9-20)19-14-12-18(3)13-15-19/h16H,4-15H2,1-3H3. The second-order valence-corrected chi connectivity index (χ2v) is 10.5. The lowest BCUT2D eigenvalue weighted by molar-refractivity contribution is 0.0817. The van der Waals surface area contributed by atoms with Crippen LogP contribution in [-0.2, 0) is 10.2 Å². The predicted molar refractivity (Wildman–Crippen MR) is 97.2 cm³/mol. The molecule has 0 amide bonds. The minimum Gasteiger partial charge on any atom is -0.304 e. The maximum absolute atomic E-state index is 12.9. The fourth-order valence-corrected chi connectivity index (χ4v) is 5.75. The molecule has 7 heteroatoms. The van der Waals surface area contributed by atoms with Crippen molar-refractivity contribution in [2.45, 2.75) is 45.6 Å². The summed E-state index contributed by atoms with van der Waals surface area (Å²) in [5.74, 6) is 0. The van der Waals surface area contributed by atoms with Crippen LogP contribution in [0.1, 0.15) is 39.5 Å². The number of likely N-dealkylation sites (N-methyl/N-ethyl adjacent to an activating group) is 1. The van der Waals surface area contributed by atoms with Gasteiger partial charge in [-0.15, -0.1) is 0 Å². The van der Waals surface area contributed by atoms with E-state index in [1.165, 1.54) is 0 Å². The van der Waals surface area contributed by atoms with E-state index < -0.39 is 10.2 Å². The first-order valence-corrected chi connectivity index (χ1v) is 10.9. The van der Waals surface area contributed by atoms with Crippen LogP contribution in [0.15, 0.2) is 0 Å². The lowest BCUT2D eigenvalue weighted by Crippen LogP contribution is -2.55. The predicted octanol–water partition coefficient (Wildman–Crippen LogP) is 1.07. The van der Waals surface area contributed by atoms with E-state index in [1.807, 2.05) is 0 Å². The third-order valence-corrected chi connectivity index (χ3v) is 8.24. The van der Waals surface area contributed by atoms with Crippen LogP contribution in [0.2, 0.25) is 0 Å². The van der Waals surface area contributed by atoms with Crippen LogP contribution in [0.4, 0.5) is 0 Å². The van der Waals surface area contributed by atoms with E-state index in [9.17, 15) is 8.42 Å². The molecule has 0 saturated carbocycles. The smallest absolute Gasteiger partial charge is 0.281 e. The van der Waals surface area contributed by atoms with E-state index in [0.717, 1.165) is 51.9 Å². The highest BCUT2D eigenvalue weighted by atomic mass is 32.2. The first-order valence-electron chi connectivity index (χ1n) is 9.46. The minimum atomic E-state index is -3.26. The van der Waals surface area contributed by atoms with Crippen LogP contribution in [0.5, 0.6) is 0 Å². The molecule has 0 aliphatic carbocycles. The van der Waals surface area contributed by atoms with Crippen molar-refractivity contribution in [3.05, 3.63) is 0 Å². The monoisotopic (exact) mass is 358 g/mol. The van der Waals surface area contributed by atoms with Crippen molar-refractivity contribution in [1.29, 1.82) is 0 Å². The maximum atomic E-state index is 12.9. The fraction of sp³-hybridized carbons (Fsp3) is 1.00. The summed E-state index contributed by atoms with van der Waals surface area (Å²) in [4.78, 5) is 4.93. The Morgan fingerprint density at radius 1 is 0.792 bits per heavy atom. The van der Waals surface area contributed by atoms with Crippen molar-refractivity contribution in [2.24, 2.45) is 5.41 Å². The molecule has 6 nitrogen and oxygen atoms in total. The largest absolute Gasteiger partial charge is 0.304 e. The average molecular weight is 359 g/mol. The maximum Gasteiger partial charge on any atom is 0.281 e. The number of piperidine rings is 2. The van der Waals surface area contributed by atoms with E-state index in [-0.39, 0.29) is 5.41 Å². The summed E-state index contributed by atoms with van der Waals surface area (Å²) in [6, 6.07) is 0.561. The Kier molecular flexibility index (Phi) is 5.57. The van der Waals surface area contributed by atoms with E-state index in [4.69, 9.17) is 0 Å². The zero-order valence-corrected chi connectivity index (χ0v) is 16.4. The van der Waals surface area contributed by atoms with Gasteiger partial charge in [0.15, 0.2) is 0 Å². The molecule has 3 heterocycles. The molecule has 0 aromatic heterocycles. The van der Waals surface area contributed by atoms with Crippen LogP contribution in [0, 0.1) is 5.41 Å². The molecule has 0 radical (unpaired) electrons. The lowest BCUT2D eigenvalue weighted by Gasteiger charge is -2.43. The molecule has 0 spiro atoms. The molecule has 0 aromatic carbocycles. The van der Waals surface area contributed by atoms with Gasteiger partial charge in [0.25, 0.3) is 10.2 Å². The summed E-state index contributed by atoms with van der Waals surface area (Å²) in [5, 5.41) is 0. The Bertz CT molecular complexity index is 511. The molecule has 0 bridgehead atoms. The molecule has 0 aromatic rings. The third kappa shape index (κ3) is 4.12. The Morgan fingerprint density at radius 3 is 1.83 bits per heavy atom. The van der Waals surface area contributed by atoms with Gasteiger partial charge < -0.3 is 4.90 Å². The van der Waals surface area contributed by atoms with Gasteiger partial charge in [-0.25, -0.2) is 0 Å². The molecule has 3 rings (SSSR count). The van der Waals surface area contributed by atoms with Crippen molar-refractivity contribution in [2.75, 3.05) is 59.4 Å². The van der Waals surface area contributed by atoms with Crippen LogP contribution >= 0.6 is 0 Å². The highest BCUT2D eigenvalue weighted by molar-refractivity contribution is 7.86. The van der Waals surface area contributed by atoms with Crippen molar-refractivity contribution in [3.8, 4) is 0 Å². The quantitative estimate of drug-likeness (QED) is 0.757. The van der Waals surface area contributed by atoms with Gasteiger partial charge in [0, 0.05) is 58.4 Å². The zero-order valence-electron chi connectivity index (χ0n) is 15.6. The summed E-state index contributed by atoms with van der Waals surface area (Å²) in [6.45, 7) is 11.7. The van der Waals surface area contributed by atoms with Crippen molar-refractivity contribution in [1.82, 2.24) is 18.4 Å². The van der Waals surface area contributed by atoms with Gasteiger partial charge in [0.05, 0.1) is 0 Å². The number of rotatable bonds is 3. The number of piperazine rings is 1. The normalized spacial score (nSPS) is 29.8. The highest BCUT2D eigenvalue weighted by Gasteiger charge is 2.37. The second-order valence-electron chi connectivity index (χ2n) is 8.54. The number of hydrogen-bond acceptors (Lipinski definition) is 4. The molecule has 140 valence electrons. The van der Waals surface area contributed by atoms with Crippen LogP contribution in [0.25, 0.3) is 0 Å². The van der Waals surface area contributed by atoms with E-state index >= 15 is 0 Å². The Labute approximate surface area is 147 Å². The highest BCUT2D eigenvalue weighted by Crippen LogP contribution is 2.32. The third-order valence-electron chi connectivity index (χ3n) is 6.21. The van der Waals surface area contributed by atoms with Gasteiger partial charge in [-0.1, -0.05) is 13.8 Å². The fourth-order valence-electron chi connectivity index (χ4n) is 4.11. The van der Waals surface area contributed by atoms with Crippen molar-refractivity contribution in [3.63, 3.8) is 0 Å². The summed E-state index contributed by atoms with van der Waals surface area (Å²) in [6.07, 6.45) is 3.87. The summed E-state index contributed by atoms with van der Waals surface area (Å²) >= 11 is 0. The minimum absolute atomic E-state index is 0.278. The van der Waals surface area contributed by atoms with E-state index in [2.05, 4.69) is 30.7 Å². The summed E-state index contributed by atoms with van der Waals surface area (Å²) < 4.78 is 29.3. The molecular weight excluding hydrogens is 324 g/mol. The van der Waals surface area contributed by atoms with Crippen molar-refractivity contribution >= 4 is 10.2 Å². The van der Waals surface area contributed by atoms with Gasteiger partial charge >= 0.3 is 0 Å². The average Bonchev–Trinajstić information content (AvgIpc) is 2.55. The first kappa shape index (κ1) is 18.6. The molecule has 3 aliphatic rings. The molecule has 3 aliphatic heterocycles. The SMILES string of the molecule is CN1CCN(C2CCN(S(=O)(=O)N3CCC(C)(C)CC3)CC2)CC1. The molecule has 0 atom stereocenters. The van der Waals surface area contributed by atoms with E-state index in [1.54, 1.807) is 8.61 Å². The van der Waals surface area contributed by atoms with Gasteiger partial charge in [0.1, 0.15) is 0 Å². The zero-order chi connectivity index (χ0) is 17.4. The van der Waals surface area contributed by atoms with Crippen molar-refractivity contribution < 1.29 is 8.42 Å². The lowest BCUT2D eigenvalue weighted by atomic mass is 9.83. The molecular formula is C17H34N4O2S. The Morgan fingerprint density at radius 2 is 1.29 bits per heavy atom. The van der Waals surface area contributed by atoms with E-state index in [0.29, 0.717) is 32.2 Å². The van der Waals surface area contributed by atoms with Crippen LogP contribution in [-0.4, -0.2) is 92.3 Å². The Balaban J connectivity index is 1.52. The molecule has 3 saturated heterocycles. The Hall–Kier alpha value is -0.210. The molecule has 24 heavy (non-hydrogen) atoms. The van der Waals surface area contributed by atoms with Crippen LogP contribution < -0.4 is 0 Å². The van der Waals surface area contributed by atoms with Gasteiger partial charge in [-0.05, 0) is 38.1 Å². The number of hydrogen-bond donors (Lipinski definition) is 0. The number of nitrogens with zero attached hydrogens (tertiary/aromatic N) is 4. The molecule has 0 unspecified atom stereocenters.